The molecule has 0 spiro atoms. The lowest BCUT2D eigenvalue weighted by Gasteiger charge is -2.55. The molecule has 3 N–H and O–H groups in total. The third-order valence-corrected chi connectivity index (χ3v) is 12.1. The molecule has 0 radical (unpaired) electrons. The van der Waals surface area contributed by atoms with Crippen LogP contribution in [0.1, 0.15) is 57.4 Å². The average molecular weight is 569 g/mol. The van der Waals surface area contributed by atoms with Crippen molar-refractivity contribution in [2.75, 3.05) is 18.1 Å². The molecule has 0 saturated heterocycles. The topological polar surface area (TPSA) is 145 Å². The number of nitrogens with zero attached hydrogens (tertiary/aromatic N) is 2. The maximum atomic E-state index is 14.0. The van der Waals surface area contributed by atoms with Crippen LogP contribution in [-0.2, 0) is 31.4 Å². The van der Waals surface area contributed by atoms with Gasteiger partial charge in [0.1, 0.15) is 21.2 Å². The molecule has 10 nitrogen and oxygen atoms in total. The van der Waals surface area contributed by atoms with E-state index in [0.717, 1.165) is 62.5 Å². The Kier molecular flexibility index (Phi) is 5.83. The third-order valence-electron chi connectivity index (χ3n) is 8.92. The Morgan fingerprint density at radius 1 is 1.24 bits per heavy atom. The Bertz CT molecular complexity index is 1430. The van der Waals surface area contributed by atoms with Crippen molar-refractivity contribution in [3.05, 3.63) is 22.3 Å². The summed E-state index contributed by atoms with van der Waals surface area (Å²) in [5, 5.41) is 16.3. The van der Waals surface area contributed by atoms with Crippen molar-refractivity contribution >= 4 is 48.1 Å². The summed E-state index contributed by atoms with van der Waals surface area (Å²) in [6, 6.07) is -0.0575. The first-order valence-electron chi connectivity index (χ1n) is 12.8. The molecule has 1 amide bonds. The molecule has 0 aromatic carbocycles. The Labute approximate surface area is 221 Å². The summed E-state index contributed by atoms with van der Waals surface area (Å²) < 4.78 is 55.9. The number of nitrogens with one attached hydrogen (secondary N) is 2. The van der Waals surface area contributed by atoms with Gasteiger partial charge in [-0.3, -0.25) is 4.79 Å². The van der Waals surface area contributed by atoms with Crippen LogP contribution in [0.5, 0.6) is 0 Å². The fourth-order valence-electron chi connectivity index (χ4n) is 6.62. The minimum Gasteiger partial charge on any atom is -0.511 e. The minimum absolute atomic E-state index is 0.0429. The molecule has 3 heterocycles. The lowest BCUT2D eigenvalue weighted by Crippen LogP contribution is -2.60. The maximum Gasteiger partial charge on any atom is 0.287 e. The van der Waals surface area contributed by atoms with Crippen LogP contribution in [0.2, 0.25) is 0 Å². The van der Waals surface area contributed by atoms with Gasteiger partial charge in [-0.15, -0.1) is 15.7 Å². The summed E-state index contributed by atoms with van der Waals surface area (Å²) in [6.45, 7) is 2.62. The first kappa shape index (κ1) is 25.3. The molecule has 2 atom stereocenters. The molecule has 4 fully saturated rings. The van der Waals surface area contributed by atoms with Crippen LogP contribution in [0, 0.1) is 23.2 Å². The highest BCUT2D eigenvalue weighted by atomic mass is 32.2. The molecule has 4 saturated carbocycles. The second-order valence-corrected chi connectivity index (χ2v) is 15.8. The Hall–Kier alpha value is -1.96. The molecular formula is C24H32N4O6S3. The van der Waals surface area contributed by atoms with Crippen LogP contribution >= 0.6 is 11.3 Å². The number of hydrogen-bond donors (Lipinski definition) is 3. The lowest BCUT2D eigenvalue weighted by molar-refractivity contribution is -0.139. The number of amidine groups is 1. The molecule has 13 heteroatoms. The smallest absolute Gasteiger partial charge is 0.287 e. The number of carbonyl (C=O) groups excluding carboxylic acids is 1. The summed E-state index contributed by atoms with van der Waals surface area (Å²) in [4.78, 5) is 15.8. The van der Waals surface area contributed by atoms with Gasteiger partial charge < -0.3 is 15.3 Å². The van der Waals surface area contributed by atoms with Crippen LogP contribution in [0.15, 0.2) is 26.0 Å². The second kappa shape index (κ2) is 8.52. The summed E-state index contributed by atoms with van der Waals surface area (Å²) >= 11 is 1.10. The molecule has 6 aliphatic rings. The van der Waals surface area contributed by atoms with E-state index < -0.39 is 20.0 Å². The molecule has 202 valence electrons. The van der Waals surface area contributed by atoms with Crippen molar-refractivity contribution in [2.24, 2.45) is 27.6 Å². The Balaban J connectivity index is 1.38. The highest BCUT2D eigenvalue weighted by Crippen LogP contribution is 2.54. The number of rotatable bonds is 7. The van der Waals surface area contributed by atoms with E-state index in [1.165, 1.54) is 0 Å². The van der Waals surface area contributed by atoms with Gasteiger partial charge in [-0.05, 0) is 67.6 Å². The molecular weight excluding hydrogens is 536 g/mol. The fraction of sp³-hybridized carbons (Fsp3) is 0.667. The number of aliphatic hydroxyl groups excluding tert-OH is 1. The van der Waals surface area contributed by atoms with Gasteiger partial charge >= 0.3 is 0 Å². The van der Waals surface area contributed by atoms with E-state index >= 15 is 0 Å². The van der Waals surface area contributed by atoms with Gasteiger partial charge in [0.25, 0.3) is 15.9 Å². The fourth-order valence-corrected chi connectivity index (χ4v) is 9.64. The van der Waals surface area contributed by atoms with Crippen molar-refractivity contribution < 1.29 is 26.7 Å². The van der Waals surface area contributed by atoms with Gasteiger partial charge in [0.15, 0.2) is 5.84 Å². The van der Waals surface area contributed by atoms with Crippen molar-refractivity contribution in [1.82, 2.24) is 9.62 Å². The maximum absolute atomic E-state index is 14.0. The largest absolute Gasteiger partial charge is 0.511 e. The number of thiophene rings is 1. The Morgan fingerprint density at radius 2 is 1.92 bits per heavy atom. The van der Waals surface area contributed by atoms with E-state index in [9.17, 15) is 26.7 Å². The van der Waals surface area contributed by atoms with Crippen LogP contribution in [0.3, 0.4) is 0 Å². The van der Waals surface area contributed by atoms with Crippen LogP contribution in [0.25, 0.3) is 0 Å². The summed E-state index contributed by atoms with van der Waals surface area (Å²) in [5.74, 6) is -0.173. The molecule has 1 aromatic rings. The van der Waals surface area contributed by atoms with Crippen molar-refractivity contribution in [3.8, 4) is 0 Å². The van der Waals surface area contributed by atoms with Crippen LogP contribution in [-0.4, -0.2) is 57.4 Å². The van der Waals surface area contributed by atoms with Gasteiger partial charge in [-0.25, -0.2) is 13.1 Å². The predicted octanol–water partition coefficient (Wildman–Crippen LogP) is 2.96. The molecule has 7 rings (SSSR count). The number of fused-ring (bicyclic) bond motifs is 3. The number of aliphatic hydroxyl groups is 1. The van der Waals surface area contributed by atoms with E-state index in [4.69, 9.17) is 0 Å². The average Bonchev–Trinajstić information content (AvgIpc) is 3.40. The van der Waals surface area contributed by atoms with Crippen molar-refractivity contribution in [2.45, 2.75) is 69.4 Å². The van der Waals surface area contributed by atoms with Crippen molar-refractivity contribution in [3.63, 3.8) is 0 Å². The number of anilines is 1. The number of amides is 1. The van der Waals surface area contributed by atoms with Crippen molar-refractivity contribution in [1.29, 1.82) is 0 Å². The quantitative estimate of drug-likeness (QED) is 0.458. The van der Waals surface area contributed by atoms with Gasteiger partial charge in [-0.1, -0.05) is 6.92 Å². The zero-order valence-corrected chi connectivity index (χ0v) is 23.3. The molecule has 1 aromatic heterocycles. The van der Waals surface area contributed by atoms with E-state index in [0.29, 0.717) is 12.5 Å². The minimum atomic E-state index is -4.24. The first-order valence-corrected chi connectivity index (χ1v) is 17.0. The number of sulfonamides is 2. The first-order chi connectivity index (χ1) is 17.4. The SMILES string of the molecule is CC1(CCN2C(=O)C(C3=NS(=O)(=O)c4c(CNS(C)(=O)=O)csc4N3)=C(O)[C@@H]3C4CCC(CC4)[C@@H]32)CC1. The predicted molar refractivity (Wildman–Crippen MR) is 140 cm³/mol. The monoisotopic (exact) mass is 568 g/mol. The number of carbonyl (C=O) groups is 1. The summed E-state index contributed by atoms with van der Waals surface area (Å²) in [7, 11) is -7.77. The zero-order valence-electron chi connectivity index (χ0n) is 20.9. The van der Waals surface area contributed by atoms with Gasteiger partial charge in [-0.2, -0.15) is 8.42 Å². The second-order valence-electron chi connectivity index (χ2n) is 11.6. The zero-order chi connectivity index (χ0) is 26.3. The summed E-state index contributed by atoms with van der Waals surface area (Å²) in [6.07, 6.45) is 8.26. The highest BCUT2D eigenvalue weighted by molar-refractivity contribution is 7.91. The van der Waals surface area contributed by atoms with Crippen LogP contribution < -0.4 is 10.0 Å². The lowest BCUT2D eigenvalue weighted by atomic mass is 9.59. The van der Waals surface area contributed by atoms with Crippen LogP contribution in [0.4, 0.5) is 5.00 Å². The van der Waals surface area contributed by atoms with E-state index in [1.54, 1.807) is 5.38 Å². The third kappa shape index (κ3) is 4.41. The molecule has 0 unspecified atom stereocenters. The molecule has 2 aliphatic heterocycles. The highest BCUT2D eigenvalue weighted by Gasteiger charge is 2.55. The summed E-state index contributed by atoms with van der Waals surface area (Å²) in [5.41, 5.74) is 0.477. The molecule has 2 bridgehead atoms. The molecule has 4 aliphatic carbocycles. The van der Waals surface area contributed by atoms with E-state index in [2.05, 4.69) is 21.4 Å². The molecule has 37 heavy (non-hydrogen) atoms. The van der Waals surface area contributed by atoms with E-state index in [-0.39, 0.29) is 68.4 Å². The van der Waals surface area contributed by atoms with E-state index in [1.807, 2.05) is 4.90 Å². The van der Waals surface area contributed by atoms with Gasteiger partial charge in [0.2, 0.25) is 10.0 Å². The normalized spacial score (nSPS) is 31.5. The number of hydrogen-bond acceptors (Lipinski definition) is 8. The van der Waals surface area contributed by atoms with Gasteiger partial charge in [0.05, 0.1) is 6.26 Å². The van der Waals surface area contributed by atoms with Gasteiger partial charge in [0, 0.05) is 30.6 Å². The standard InChI is InChI=1S/C24H32N4O6S3/c1-24(7-8-24)9-10-28-18-14-5-3-13(4-6-14)16(18)19(29)17(23(28)30)21-26-22-20(37(33,34)27-21)15(12-35-22)11-25-36(2,31)32/h12-14,16,18,25,29H,3-11H2,1-2H3,(H,26,27)/t13?,14?,16-,18+/m1/s1. The Morgan fingerprint density at radius 3 is 2.57 bits per heavy atom.